The summed E-state index contributed by atoms with van der Waals surface area (Å²) in [5, 5.41) is 23.3. The first-order valence-corrected chi connectivity index (χ1v) is 7.28. The lowest BCUT2D eigenvalue weighted by atomic mass is 9.97. The van der Waals surface area contributed by atoms with Crippen LogP contribution < -0.4 is 5.32 Å². The van der Waals surface area contributed by atoms with Gasteiger partial charge < -0.3 is 15.5 Å². The van der Waals surface area contributed by atoms with Gasteiger partial charge in [-0.05, 0) is 42.9 Å². The van der Waals surface area contributed by atoms with Crippen LogP contribution in [0.3, 0.4) is 0 Å². The molecule has 19 heavy (non-hydrogen) atoms. The second-order valence-electron chi connectivity index (χ2n) is 5.77. The molecule has 0 aliphatic heterocycles. The molecule has 1 aromatic rings. The molecule has 3 nitrogen and oxygen atoms in total. The van der Waals surface area contributed by atoms with Crippen molar-refractivity contribution in [1.82, 2.24) is 5.32 Å². The maximum absolute atomic E-state index is 10.1. The van der Waals surface area contributed by atoms with E-state index in [9.17, 15) is 10.2 Å². The van der Waals surface area contributed by atoms with Crippen LogP contribution in [0.1, 0.15) is 61.8 Å². The van der Waals surface area contributed by atoms with Crippen LogP contribution in [0.4, 0.5) is 0 Å². The van der Waals surface area contributed by atoms with Crippen molar-refractivity contribution in [3.8, 4) is 5.75 Å². The second-order valence-corrected chi connectivity index (χ2v) is 5.77. The highest BCUT2D eigenvalue weighted by Gasteiger charge is 2.31. The molecule has 0 amide bonds. The molecule has 0 saturated carbocycles. The van der Waals surface area contributed by atoms with Gasteiger partial charge in [-0.15, -0.1) is 0 Å². The van der Waals surface area contributed by atoms with E-state index in [4.69, 9.17) is 0 Å². The predicted octanol–water partition coefficient (Wildman–Crippen LogP) is 3.00. The fourth-order valence-corrected chi connectivity index (χ4v) is 3.24. The van der Waals surface area contributed by atoms with Gasteiger partial charge in [0, 0.05) is 18.2 Å². The minimum absolute atomic E-state index is 0.163. The number of rotatable bonds is 5. The van der Waals surface area contributed by atoms with Crippen molar-refractivity contribution >= 4 is 0 Å². The highest BCUT2D eigenvalue weighted by molar-refractivity contribution is 5.50. The maximum atomic E-state index is 10.1. The largest absolute Gasteiger partial charge is 0.508 e. The number of phenols is 1. The Bertz CT molecular complexity index is 445. The van der Waals surface area contributed by atoms with Crippen LogP contribution in [0.25, 0.3) is 0 Å². The first kappa shape index (κ1) is 14.4. The van der Waals surface area contributed by atoms with Crippen LogP contribution in [-0.2, 0) is 0 Å². The molecule has 0 saturated heterocycles. The summed E-state index contributed by atoms with van der Waals surface area (Å²) >= 11 is 0. The number of aliphatic hydroxyl groups excluding tert-OH is 1. The Balaban J connectivity index is 2.13. The van der Waals surface area contributed by atoms with Gasteiger partial charge in [-0.25, -0.2) is 0 Å². The molecule has 3 unspecified atom stereocenters. The Morgan fingerprint density at radius 2 is 2.11 bits per heavy atom. The van der Waals surface area contributed by atoms with E-state index in [0.717, 1.165) is 24.8 Å². The number of aromatic hydroxyl groups is 1. The van der Waals surface area contributed by atoms with Gasteiger partial charge in [0.1, 0.15) is 5.75 Å². The van der Waals surface area contributed by atoms with E-state index in [1.165, 1.54) is 11.1 Å². The zero-order valence-electron chi connectivity index (χ0n) is 12.1. The van der Waals surface area contributed by atoms with Gasteiger partial charge in [0.15, 0.2) is 0 Å². The SMILES string of the molecule is CCCC(O)CNC1CC(C)c2c(C)ccc(O)c21. The normalized spacial score (nSPS) is 23.4. The van der Waals surface area contributed by atoms with E-state index < -0.39 is 0 Å². The minimum Gasteiger partial charge on any atom is -0.508 e. The topological polar surface area (TPSA) is 52.5 Å². The third-order valence-corrected chi connectivity index (χ3v) is 4.13. The average molecular weight is 263 g/mol. The van der Waals surface area contributed by atoms with Gasteiger partial charge in [-0.2, -0.15) is 0 Å². The highest BCUT2D eigenvalue weighted by atomic mass is 16.3. The van der Waals surface area contributed by atoms with E-state index in [0.29, 0.717) is 18.2 Å². The summed E-state index contributed by atoms with van der Waals surface area (Å²) in [6, 6.07) is 3.93. The van der Waals surface area contributed by atoms with E-state index >= 15 is 0 Å². The van der Waals surface area contributed by atoms with Gasteiger partial charge in [-0.3, -0.25) is 0 Å². The number of aryl methyl sites for hydroxylation is 1. The van der Waals surface area contributed by atoms with Crippen LogP contribution in [0.15, 0.2) is 12.1 Å². The summed E-state index contributed by atoms with van der Waals surface area (Å²) in [4.78, 5) is 0. The predicted molar refractivity (Wildman–Crippen MR) is 77.5 cm³/mol. The monoisotopic (exact) mass is 263 g/mol. The molecular weight excluding hydrogens is 238 g/mol. The molecule has 0 fully saturated rings. The number of aliphatic hydroxyl groups is 1. The third-order valence-electron chi connectivity index (χ3n) is 4.13. The number of phenolic OH excluding ortho intramolecular Hbond substituents is 1. The number of benzene rings is 1. The molecule has 1 aliphatic carbocycles. The Morgan fingerprint density at radius 1 is 1.37 bits per heavy atom. The Morgan fingerprint density at radius 3 is 2.79 bits per heavy atom. The molecule has 3 heteroatoms. The van der Waals surface area contributed by atoms with Crippen molar-refractivity contribution in [2.75, 3.05) is 6.54 Å². The molecule has 3 N–H and O–H groups in total. The summed E-state index contributed by atoms with van der Waals surface area (Å²) < 4.78 is 0. The summed E-state index contributed by atoms with van der Waals surface area (Å²) in [5.74, 6) is 0.843. The molecule has 1 aliphatic rings. The fourth-order valence-electron chi connectivity index (χ4n) is 3.24. The summed E-state index contributed by atoms with van der Waals surface area (Å²) in [6.45, 7) is 6.97. The summed E-state index contributed by atoms with van der Waals surface area (Å²) in [7, 11) is 0. The van der Waals surface area contributed by atoms with Crippen molar-refractivity contribution in [1.29, 1.82) is 0 Å². The quantitative estimate of drug-likeness (QED) is 0.765. The Labute approximate surface area is 115 Å². The Hall–Kier alpha value is -1.06. The molecule has 0 bridgehead atoms. The number of nitrogens with one attached hydrogen (secondary N) is 1. The number of hydrogen-bond acceptors (Lipinski definition) is 3. The van der Waals surface area contributed by atoms with Crippen LogP contribution >= 0.6 is 0 Å². The second kappa shape index (κ2) is 5.93. The summed E-state index contributed by atoms with van der Waals surface area (Å²) in [5.41, 5.74) is 3.57. The number of hydrogen-bond donors (Lipinski definition) is 3. The number of fused-ring (bicyclic) bond motifs is 1. The van der Waals surface area contributed by atoms with Crippen LogP contribution in [0, 0.1) is 6.92 Å². The van der Waals surface area contributed by atoms with Crippen LogP contribution in [0.5, 0.6) is 5.75 Å². The molecule has 0 radical (unpaired) electrons. The van der Waals surface area contributed by atoms with E-state index in [1.54, 1.807) is 6.07 Å². The van der Waals surface area contributed by atoms with Gasteiger partial charge >= 0.3 is 0 Å². The Kier molecular flexibility index (Phi) is 4.48. The van der Waals surface area contributed by atoms with Crippen molar-refractivity contribution in [2.45, 2.75) is 58.1 Å². The lowest BCUT2D eigenvalue weighted by Gasteiger charge is -2.18. The summed E-state index contributed by atoms with van der Waals surface area (Å²) in [6.07, 6.45) is 2.51. The first-order chi connectivity index (χ1) is 9.04. The van der Waals surface area contributed by atoms with E-state index in [-0.39, 0.29) is 12.1 Å². The minimum atomic E-state index is -0.295. The van der Waals surface area contributed by atoms with Crippen molar-refractivity contribution in [2.24, 2.45) is 0 Å². The van der Waals surface area contributed by atoms with Crippen molar-refractivity contribution in [3.05, 3.63) is 28.8 Å². The molecule has 1 aromatic carbocycles. The van der Waals surface area contributed by atoms with Gasteiger partial charge in [0.25, 0.3) is 0 Å². The lowest BCUT2D eigenvalue weighted by molar-refractivity contribution is 0.156. The first-order valence-electron chi connectivity index (χ1n) is 7.28. The molecule has 2 rings (SSSR count). The van der Waals surface area contributed by atoms with E-state index in [1.807, 2.05) is 6.07 Å². The molecular formula is C16H25NO2. The van der Waals surface area contributed by atoms with Crippen LogP contribution in [0.2, 0.25) is 0 Å². The maximum Gasteiger partial charge on any atom is 0.120 e. The highest BCUT2D eigenvalue weighted by Crippen LogP contribution is 2.45. The zero-order valence-corrected chi connectivity index (χ0v) is 12.1. The van der Waals surface area contributed by atoms with Crippen molar-refractivity contribution in [3.63, 3.8) is 0 Å². The molecule has 0 spiro atoms. The van der Waals surface area contributed by atoms with Crippen LogP contribution in [-0.4, -0.2) is 22.9 Å². The lowest BCUT2D eigenvalue weighted by Crippen LogP contribution is -2.29. The molecule has 0 aromatic heterocycles. The average Bonchev–Trinajstić information content (AvgIpc) is 2.70. The van der Waals surface area contributed by atoms with Gasteiger partial charge in [-0.1, -0.05) is 26.3 Å². The molecule has 0 heterocycles. The molecule has 106 valence electrons. The smallest absolute Gasteiger partial charge is 0.120 e. The molecule has 3 atom stereocenters. The van der Waals surface area contributed by atoms with E-state index in [2.05, 4.69) is 26.1 Å². The fraction of sp³-hybridized carbons (Fsp3) is 0.625. The van der Waals surface area contributed by atoms with Gasteiger partial charge in [0.05, 0.1) is 6.10 Å². The standard InChI is InChI=1S/C16H25NO2/c1-4-5-12(18)9-17-13-8-11(3)15-10(2)6-7-14(19)16(13)15/h6-7,11-13,17-19H,4-5,8-9H2,1-3H3. The van der Waals surface area contributed by atoms with Crippen molar-refractivity contribution < 1.29 is 10.2 Å². The third kappa shape index (κ3) is 2.93. The zero-order chi connectivity index (χ0) is 14.0. The van der Waals surface area contributed by atoms with Gasteiger partial charge in [0.2, 0.25) is 0 Å².